The molecule has 1 fully saturated rings. The third-order valence-electron chi connectivity index (χ3n) is 4.46. The molecule has 4 nitrogen and oxygen atoms in total. The molecule has 0 N–H and O–H groups in total. The lowest BCUT2D eigenvalue weighted by Crippen LogP contribution is -2.49. The maximum Gasteiger partial charge on any atom is 0.257 e. The summed E-state index contributed by atoms with van der Waals surface area (Å²) in [5.74, 6) is -6.50. The lowest BCUT2D eigenvalue weighted by Gasteiger charge is -2.36. The van der Waals surface area contributed by atoms with Gasteiger partial charge in [0.05, 0.1) is 12.7 Å². The predicted molar refractivity (Wildman–Crippen MR) is 97.4 cm³/mol. The molecule has 3 rings (SSSR count). The number of rotatable bonds is 3. The Morgan fingerprint density at radius 2 is 1.54 bits per heavy atom. The van der Waals surface area contributed by atoms with Crippen LogP contribution >= 0.6 is 23.2 Å². The Hall–Kier alpha value is -2.19. The summed E-state index contributed by atoms with van der Waals surface area (Å²) in [4.78, 5) is 15.3. The molecule has 0 bridgehead atoms. The highest BCUT2D eigenvalue weighted by Gasteiger charge is 2.31. The van der Waals surface area contributed by atoms with Crippen LogP contribution in [0, 0.1) is 23.3 Å². The normalized spacial score (nSPS) is 14.4. The molecule has 1 saturated heterocycles. The summed E-state index contributed by atoms with van der Waals surface area (Å²) in [5.41, 5.74) is -0.601. The molecule has 2 aromatic carbocycles. The summed E-state index contributed by atoms with van der Waals surface area (Å²) in [6.45, 7) is 0.0600. The van der Waals surface area contributed by atoms with Crippen LogP contribution in [-0.2, 0) is 0 Å². The van der Waals surface area contributed by atoms with Gasteiger partial charge < -0.3 is 14.5 Å². The van der Waals surface area contributed by atoms with Crippen LogP contribution in [0.25, 0.3) is 0 Å². The van der Waals surface area contributed by atoms with Crippen LogP contribution in [-0.4, -0.2) is 44.1 Å². The van der Waals surface area contributed by atoms with Crippen molar-refractivity contribution in [3.63, 3.8) is 0 Å². The van der Waals surface area contributed by atoms with Gasteiger partial charge in [0.1, 0.15) is 16.5 Å². The summed E-state index contributed by atoms with van der Waals surface area (Å²) >= 11 is 11.2. The molecule has 0 saturated carbocycles. The Kier molecular flexibility index (Phi) is 5.90. The van der Waals surface area contributed by atoms with Crippen LogP contribution < -0.4 is 9.64 Å². The molecule has 1 amide bonds. The molecular weight excluding hydrogens is 423 g/mol. The topological polar surface area (TPSA) is 32.8 Å². The van der Waals surface area contributed by atoms with Crippen LogP contribution in [0.1, 0.15) is 10.4 Å². The van der Waals surface area contributed by atoms with E-state index in [1.54, 1.807) is 12.1 Å². The molecule has 0 aromatic heterocycles. The first-order valence-electron chi connectivity index (χ1n) is 8.15. The van der Waals surface area contributed by atoms with Crippen LogP contribution in [0.5, 0.6) is 5.75 Å². The van der Waals surface area contributed by atoms with E-state index in [2.05, 4.69) is 0 Å². The SMILES string of the molecule is COc1ccc(Cl)cc1C(=O)N1CCN(c2c(F)c(F)c(Cl)c(F)c2F)CC1. The van der Waals surface area contributed by atoms with Crippen molar-refractivity contribution in [1.29, 1.82) is 0 Å². The number of ether oxygens (including phenoxy) is 1. The fourth-order valence-electron chi connectivity index (χ4n) is 3.02. The molecule has 0 unspecified atom stereocenters. The minimum Gasteiger partial charge on any atom is -0.496 e. The minimum absolute atomic E-state index is 0.0387. The third kappa shape index (κ3) is 3.58. The predicted octanol–water partition coefficient (Wildman–Crippen LogP) is 4.52. The summed E-state index contributed by atoms with van der Waals surface area (Å²) in [5, 5.41) is -0.889. The van der Waals surface area contributed by atoms with Gasteiger partial charge in [0.15, 0.2) is 23.3 Å². The summed E-state index contributed by atoms with van der Waals surface area (Å²) in [6, 6.07) is 4.58. The summed E-state index contributed by atoms with van der Waals surface area (Å²) < 4.78 is 60.8. The van der Waals surface area contributed by atoms with Gasteiger partial charge in [-0.1, -0.05) is 23.2 Å². The second-order valence-electron chi connectivity index (χ2n) is 6.04. The highest BCUT2D eigenvalue weighted by molar-refractivity contribution is 6.31. The quantitative estimate of drug-likeness (QED) is 0.402. The summed E-state index contributed by atoms with van der Waals surface area (Å²) in [7, 11) is 1.41. The number of methoxy groups -OCH3 is 1. The Bertz CT molecular complexity index is 905. The molecule has 1 aliphatic rings. The molecule has 28 heavy (non-hydrogen) atoms. The fraction of sp³-hybridized carbons (Fsp3) is 0.278. The number of benzene rings is 2. The first kappa shape index (κ1) is 20.5. The maximum atomic E-state index is 14.1. The van der Waals surface area contributed by atoms with Gasteiger partial charge in [0, 0.05) is 31.2 Å². The van der Waals surface area contributed by atoms with E-state index in [-0.39, 0.29) is 37.6 Å². The maximum absolute atomic E-state index is 14.1. The number of amides is 1. The van der Waals surface area contributed by atoms with E-state index in [4.69, 9.17) is 27.9 Å². The molecule has 2 aromatic rings. The number of hydrogen-bond donors (Lipinski definition) is 0. The molecule has 0 radical (unpaired) electrons. The lowest BCUT2D eigenvalue weighted by atomic mass is 10.1. The zero-order chi connectivity index (χ0) is 20.6. The monoisotopic (exact) mass is 436 g/mol. The second kappa shape index (κ2) is 8.05. The van der Waals surface area contributed by atoms with E-state index in [9.17, 15) is 22.4 Å². The van der Waals surface area contributed by atoms with Gasteiger partial charge >= 0.3 is 0 Å². The Morgan fingerprint density at radius 1 is 0.964 bits per heavy atom. The van der Waals surface area contributed by atoms with Gasteiger partial charge in [-0.3, -0.25) is 4.79 Å². The first-order valence-corrected chi connectivity index (χ1v) is 8.91. The molecule has 0 atom stereocenters. The van der Waals surface area contributed by atoms with Crippen LogP contribution in [0.4, 0.5) is 23.2 Å². The van der Waals surface area contributed by atoms with Crippen molar-refractivity contribution >= 4 is 34.8 Å². The number of carbonyl (C=O) groups excluding carboxylic acids is 1. The molecule has 0 aliphatic carbocycles. The molecule has 1 heterocycles. The van der Waals surface area contributed by atoms with Crippen molar-refractivity contribution in [3.8, 4) is 5.75 Å². The third-order valence-corrected chi connectivity index (χ3v) is 5.03. The number of carbonyl (C=O) groups is 1. The molecule has 10 heteroatoms. The van der Waals surface area contributed by atoms with E-state index in [0.717, 1.165) is 4.90 Å². The van der Waals surface area contributed by atoms with Crippen molar-refractivity contribution in [1.82, 2.24) is 4.90 Å². The minimum atomic E-state index is -1.65. The van der Waals surface area contributed by atoms with Crippen molar-refractivity contribution < 1.29 is 27.1 Å². The van der Waals surface area contributed by atoms with Crippen LogP contribution in [0.3, 0.4) is 0 Å². The zero-order valence-corrected chi connectivity index (χ0v) is 16.1. The van der Waals surface area contributed by atoms with Crippen molar-refractivity contribution in [2.45, 2.75) is 0 Å². The average molecular weight is 437 g/mol. The van der Waals surface area contributed by atoms with Gasteiger partial charge in [0.2, 0.25) is 0 Å². The van der Waals surface area contributed by atoms with E-state index in [1.165, 1.54) is 18.1 Å². The number of nitrogens with zero attached hydrogens (tertiary/aromatic N) is 2. The number of hydrogen-bond acceptors (Lipinski definition) is 3. The van der Waals surface area contributed by atoms with E-state index in [1.807, 2.05) is 0 Å². The van der Waals surface area contributed by atoms with Gasteiger partial charge in [-0.25, -0.2) is 17.6 Å². The molecule has 150 valence electrons. The largest absolute Gasteiger partial charge is 0.496 e. The molecule has 0 spiro atoms. The van der Waals surface area contributed by atoms with Gasteiger partial charge in [-0.05, 0) is 18.2 Å². The van der Waals surface area contributed by atoms with Crippen LogP contribution in [0.2, 0.25) is 10.0 Å². The van der Waals surface area contributed by atoms with Crippen LogP contribution in [0.15, 0.2) is 18.2 Å². The standard InChI is InChI=1S/C18H14Cl2F4N2O2/c1-28-11-3-2-9(19)8-10(11)18(27)26-6-4-25(5-7-26)17-15(23)13(21)12(20)14(22)16(17)24/h2-3,8H,4-7H2,1H3. The fourth-order valence-corrected chi connectivity index (χ4v) is 3.36. The number of halogens is 6. The first-order chi connectivity index (χ1) is 13.3. The highest BCUT2D eigenvalue weighted by atomic mass is 35.5. The van der Waals surface area contributed by atoms with Gasteiger partial charge in [-0.15, -0.1) is 0 Å². The van der Waals surface area contributed by atoms with E-state index in [0.29, 0.717) is 10.8 Å². The van der Waals surface area contributed by atoms with Crippen molar-refractivity contribution in [3.05, 3.63) is 57.1 Å². The van der Waals surface area contributed by atoms with E-state index < -0.39 is 34.0 Å². The zero-order valence-electron chi connectivity index (χ0n) is 14.5. The number of piperazine rings is 1. The smallest absolute Gasteiger partial charge is 0.257 e. The van der Waals surface area contributed by atoms with Crippen molar-refractivity contribution in [2.75, 3.05) is 38.2 Å². The van der Waals surface area contributed by atoms with Gasteiger partial charge in [0.25, 0.3) is 5.91 Å². The Morgan fingerprint density at radius 3 is 2.07 bits per heavy atom. The van der Waals surface area contributed by atoms with Crippen molar-refractivity contribution in [2.24, 2.45) is 0 Å². The lowest BCUT2D eigenvalue weighted by molar-refractivity contribution is 0.0743. The Labute approximate surface area is 168 Å². The summed E-state index contributed by atoms with van der Waals surface area (Å²) in [6.07, 6.45) is 0. The van der Waals surface area contributed by atoms with Gasteiger partial charge in [-0.2, -0.15) is 0 Å². The Balaban J connectivity index is 1.81. The highest BCUT2D eigenvalue weighted by Crippen LogP contribution is 2.34. The molecular formula is C18H14Cl2F4N2O2. The molecule has 1 aliphatic heterocycles. The van der Waals surface area contributed by atoms with E-state index >= 15 is 0 Å². The number of anilines is 1. The average Bonchev–Trinajstić information content (AvgIpc) is 2.71. The second-order valence-corrected chi connectivity index (χ2v) is 6.86.